The Bertz CT molecular complexity index is 1330. The van der Waals surface area contributed by atoms with Gasteiger partial charge in [0.05, 0.1) is 48.5 Å². The Morgan fingerprint density at radius 2 is 1.76 bits per heavy atom. The zero-order valence-corrected chi connectivity index (χ0v) is 18.7. The molecule has 2 aliphatic heterocycles. The van der Waals surface area contributed by atoms with Crippen molar-refractivity contribution in [2.75, 3.05) is 19.1 Å². The number of hydrogen-bond donors (Lipinski definition) is 0. The first-order valence-corrected chi connectivity index (χ1v) is 10.7. The van der Waals surface area contributed by atoms with Gasteiger partial charge in [-0.05, 0) is 17.7 Å². The fourth-order valence-corrected chi connectivity index (χ4v) is 5.80. The van der Waals surface area contributed by atoms with E-state index < -0.39 is 33.6 Å². The Balaban J connectivity index is 2.14. The van der Waals surface area contributed by atoms with E-state index in [4.69, 9.17) is 9.47 Å². The van der Waals surface area contributed by atoms with E-state index in [1.54, 1.807) is 24.3 Å². The number of ether oxygens (including phenoxy) is 2. The highest BCUT2D eigenvalue weighted by molar-refractivity contribution is 8.00. The van der Waals surface area contributed by atoms with Crippen molar-refractivity contribution >= 4 is 35.1 Å². The lowest BCUT2D eigenvalue weighted by Gasteiger charge is -2.44. The van der Waals surface area contributed by atoms with Crippen LogP contribution >= 0.6 is 11.8 Å². The fourth-order valence-electron chi connectivity index (χ4n) is 4.37. The molecule has 0 saturated heterocycles. The summed E-state index contributed by atoms with van der Waals surface area (Å²) in [6.07, 6.45) is 0. The Morgan fingerprint density at radius 3 is 2.38 bits per heavy atom. The van der Waals surface area contributed by atoms with Gasteiger partial charge >= 0.3 is 11.9 Å². The minimum Gasteiger partial charge on any atom is -0.466 e. The van der Waals surface area contributed by atoms with Gasteiger partial charge in [-0.3, -0.25) is 10.1 Å². The molecule has 0 amide bonds. The predicted octanol–water partition coefficient (Wildman–Crippen LogP) is 3.26. The zero-order chi connectivity index (χ0) is 24.6. The maximum Gasteiger partial charge on any atom is 0.355 e. The van der Waals surface area contributed by atoms with Crippen molar-refractivity contribution in [3.8, 4) is 12.1 Å². The number of methoxy groups -OCH3 is 2. The average molecular weight is 476 g/mol. The zero-order valence-electron chi connectivity index (χ0n) is 17.9. The summed E-state index contributed by atoms with van der Waals surface area (Å²) in [4.78, 5) is 39.2. The highest BCUT2D eigenvalue weighted by Gasteiger charge is 2.62. The van der Waals surface area contributed by atoms with Crippen LogP contribution in [0.2, 0.25) is 0 Å². The summed E-state index contributed by atoms with van der Waals surface area (Å²) >= 11 is 1.19. The largest absolute Gasteiger partial charge is 0.466 e. The quantitative estimate of drug-likeness (QED) is 0.366. The molecule has 11 heteroatoms. The number of nitriles is 2. The summed E-state index contributed by atoms with van der Waals surface area (Å²) < 4.78 is 9.96. The number of carbonyl (C=O) groups is 2. The Kier molecular flexibility index (Phi) is 5.73. The van der Waals surface area contributed by atoms with Gasteiger partial charge in [-0.15, -0.1) is 0 Å². The third-order valence-electron chi connectivity index (χ3n) is 5.80. The Morgan fingerprint density at radius 1 is 1.09 bits per heavy atom. The first-order chi connectivity index (χ1) is 16.3. The molecule has 34 heavy (non-hydrogen) atoms. The van der Waals surface area contributed by atoms with Crippen LogP contribution in [0.4, 0.5) is 11.4 Å². The molecule has 2 aliphatic rings. The number of nitro benzene ring substituents is 1. The van der Waals surface area contributed by atoms with Crippen LogP contribution < -0.4 is 4.90 Å². The van der Waals surface area contributed by atoms with Crippen molar-refractivity contribution < 1.29 is 24.0 Å². The van der Waals surface area contributed by atoms with E-state index in [-0.39, 0.29) is 22.5 Å². The van der Waals surface area contributed by atoms with Crippen LogP contribution in [0.5, 0.6) is 0 Å². The summed E-state index contributed by atoms with van der Waals surface area (Å²) in [5.74, 6) is -3.17. The van der Waals surface area contributed by atoms with Gasteiger partial charge in [0.1, 0.15) is 11.1 Å². The minimum absolute atomic E-state index is 0.148. The molecule has 2 aromatic rings. The number of non-ortho nitro benzene ring substituents is 1. The number of carbonyl (C=O) groups excluding carboxylic acids is 2. The third kappa shape index (κ3) is 3.17. The fraction of sp³-hybridized carbons (Fsp3) is 0.217. The number of benzene rings is 2. The van der Waals surface area contributed by atoms with Crippen LogP contribution in [0, 0.1) is 38.2 Å². The van der Waals surface area contributed by atoms with Crippen molar-refractivity contribution in [1.29, 1.82) is 10.5 Å². The van der Waals surface area contributed by atoms with Crippen molar-refractivity contribution in [2.24, 2.45) is 5.41 Å². The molecule has 0 bridgehead atoms. The molecule has 0 N–H and O–H groups in total. The summed E-state index contributed by atoms with van der Waals surface area (Å²) in [7, 11) is 2.25. The van der Waals surface area contributed by atoms with Crippen molar-refractivity contribution in [3.05, 3.63) is 75.5 Å². The summed E-state index contributed by atoms with van der Waals surface area (Å²) in [6, 6.07) is 16.4. The molecule has 2 aromatic carbocycles. The highest BCUT2D eigenvalue weighted by atomic mass is 32.2. The second-order valence-electron chi connectivity index (χ2n) is 7.43. The average Bonchev–Trinajstić information content (AvgIpc) is 3.26. The van der Waals surface area contributed by atoms with Crippen molar-refractivity contribution in [3.63, 3.8) is 0 Å². The third-order valence-corrected chi connectivity index (χ3v) is 7.20. The topological polar surface area (TPSA) is 147 Å². The van der Waals surface area contributed by atoms with Crippen LogP contribution in [0.1, 0.15) is 11.5 Å². The van der Waals surface area contributed by atoms with E-state index >= 15 is 0 Å². The summed E-state index contributed by atoms with van der Waals surface area (Å²) in [6.45, 7) is 0. The first-order valence-electron chi connectivity index (χ1n) is 9.87. The maximum absolute atomic E-state index is 13.1. The Hall–Kier alpha value is -4.35. The molecular formula is C23H16N4O6S. The van der Waals surface area contributed by atoms with Crippen LogP contribution in [0.3, 0.4) is 0 Å². The van der Waals surface area contributed by atoms with E-state index in [0.717, 1.165) is 14.2 Å². The Labute approximate surface area is 198 Å². The number of para-hydroxylation sites is 1. The number of fused-ring (bicyclic) bond motifs is 3. The van der Waals surface area contributed by atoms with Gasteiger partial charge in [0.25, 0.3) is 5.69 Å². The molecule has 2 atom stereocenters. The molecule has 0 radical (unpaired) electrons. The number of hydrogen-bond acceptors (Lipinski definition) is 10. The highest BCUT2D eigenvalue weighted by Crippen LogP contribution is 2.61. The normalized spacial score (nSPS) is 19.8. The van der Waals surface area contributed by atoms with E-state index in [9.17, 15) is 30.2 Å². The molecule has 0 spiro atoms. The van der Waals surface area contributed by atoms with Crippen LogP contribution in [0.25, 0.3) is 0 Å². The number of anilines is 1. The van der Waals surface area contributed by atoms with Gasteiger partial charge in [-0.1, -0.05) is 36.0 Å². The van der Waals surface area contributed by atoms with E-state index in [1.165, 1.54) is 40.9 Å². The molecule has 0 aromatic heterocycles. The maximum atomic E-state index is 13.1. The molecule has 170 valence electrons. The van der Waals surface area contributed by atoms with Crippen LogP contribution in [-0.2, 0) is 19.1 Å². The first kappa shape index (κ1) is 22.8. The number of nitro groups is 1. The lowest BCUT2D eigenvalue weighted by Crippen LogP contribution is -2.53. The molecule has 2 heterocycles. The SMILES string of the molecule is COC(=O)C1=C(C(=O)OC)N2c3ccccc3S[C@H]2C(C#N)(C#N)[C@H]1c1cccc([N+](=O)[O-])c1. The molecular weight excluding hydrogens is 460 g/mol. The van der Waals surface area contributed by atoms with Gasteiger partial charge in [-0.25, -0.2) is 9.59 Å². The van der Waals surface area contributed by atoms with Gasteiger partial charge in [-0.2, -0.15) is 10.5 Å². The minimum atomic E-state index is -1.93. The monoisotopic (exact) mass is 476 g/mol. The lowest BCUT2D eigenvalue weighted by molar-refractivity contribution is -0.384. The number of esters is 2. The van der Waals surface area contributed by atoms with Crippen molar-refractivity contribution in [1.82, 2.24) is 0 Å². The lowest BCUT2D eigenvalue weighted by atomic mass is 9.66. The van der Waals surface area contributed by atoms with Gasteiger partial charge in [0, 0.05) is 17.0 Å². The standard InChI is InChI=1S/C23H16N4O6S/c1-32-20(28)17-18(13-6-5-7-14(10-13)27(30)31)23(11-24,12-25)22-26(19(17)21(29)33-2)15-8-3-4-9-16(15)34-22/h3-10,18,22H,1-2H3/t18-,22-/m0/s1. The van der Waals surface area contributed by atoms with E-state index in [1.807, 2.05) is 0 Å². The second kappa shape index (κ2) is 8.54. The second-order valence-corrected chi connectivity index (χ2v) is 8.55. The summed E-state index contributed by atoms with van der Waals surface area (Å²) in [5, 5.41) is 31.3. The van der Waals surface area contributed by atoms with Crippen LogP contribution in [0.15, 0.2) is 64.7 Å². The van der Waals surface area contributed by atoms with Crippen molar-refractivity contribution in [2.45, 2.75) is 16.2 Å². The molecule has 0 unspecified atom stereocenters. The van der Waals surface area contributed by atoms with Gasteiger partial charge in [0.2, 0.25) is 0 Å². The number of nitrogens with zero attached hydrogens (tertiary/aromatic N) is 4. The predicted molar refractivity (Wildman–Crippen MR) is 119 cm³/mol. The molecule has 4 rings (SSSR count). The molecule has 0 saturated carbocycles. The van der Waals surface area contributed by atoms with Crippen LogP contribution in [-0.4, -0.2) is 36.5 Å². The van der Waals surface area contributed by atoms with E-state index in [0.29, 0.717) is 10.6 Å². The molecule has 10 nitrogen and oxygen atoms in total. The number of rotatable bonds is 4. The van der Waals surface area contributed by atoms with Gasteiger partial charge in [0.15, 0.2) is 5.41 Å². The smallest absolute Gasteiger partial charge is 0.355 e. The number of thioether (sulfide) groups is 1. The van der Waals surface area contributed by atoms with E-state index in [2.05, 4.69) is 12.1 Å². The summed E-state index contributed by atoms with van der Waals surface area (Å²) in [5.41, 5.74) is -2.03. The molecule has 0 fully saturated rings. The molecule has 0 aliphatic carbocycles. The van der Waals surface area contributed by atoms with Gasteiger partial charge < -0.3 is 14.4 Å².